The van der Waals surface area contributed by atoms with Crippen molar-refractivity contribution in [3.05, 3.63) is 0 Å². The van der Waals surface area contributed by atoms with Crippen molar-refractivity contribution in [2.75, 3.05) is 38.1 Å². The molecule has 0 fully saturated rings. The summed E-state index contributed by atoms with van der Waals surface area (Å²) in [6, 6.07) is 0. The lowest BCUT2D eigenvalue weighted by Gasteiger charge is -2.36. The highest BCUT2D eigenvalue weighted by Crippen LogP contribution is 2.54. The molecule has 0 spiro atoms. The van der Waals surface area contributed by atoms with Crippen LogP contribution < -0.4 is 0 Å². The van der Waals surface area contributed by atoms with Gasteiger partial charge in [-0.2, -0.15) is 17.0 Å². The zero-order chi connectivity index (χ0) is 22.2. The fourth-order valence-electron chi connectivity index (χ4n) is 2.17. The normalized spacial score (nSPS) is 14.2. The van der Waals surface area contributed by atoms with E-state index in [0.29, 0.717) is 4.31 Å². The minimum absolute atomic E-state index is 0.0494. The van der Waals surface area contributed by atoms with E-state index in [1.807, 2.05) is 0 Å². The molecule has 1 unspecified atom stereocenters. The Morgan fingerprint density at radius 1 is 1.07 bits per heavy atom. The first-order chi connectivity index (χ1) is 12.8. The molecule has 0 radical (unpaired) electrons. The van der Waals surface area contributed by atoms with Gasteiger partial charge in [0.1, 0.15) is 11.4 Å². The molecule has 1 atom stereocenters. The molecule has 9 nitrogen and oxygen atoms in total. The summed E-state index contributed by atoms with van der Waals surface area (Å²) in [5, 5.41) is 0. The van der Waals surface area contributed by atoms with Gasteiger partial charge in [0.05, 0.1) is 19.8 Å². The Morgan fingerprint density at radius 3 is 1.89 bits per heavy atom. The van der Waals surface area contributed by atoms with E-state index in [2.05, 4.69) is 0 Å². The van der Waals surface area contributed by atoms with Gasteiger partial charge < -0.3 is 13.8 Å². The summed E-state index contributed by atoms with van der Waals surface area (Å²) in [7, 11) is -8.33. The van der Waals surface area contributed by atoms with E-state index >= 15 is 0 Å². The maximum atomic E-state index is 13.2. The van der Waals surface area contributed by atoms with Crippen LogP contribution in [0.15, 0.2) is 0 Å². The molecule has 0 aliphatic rings. The highest BCUT2D eigenvalue weighted by Gasteiger charge is 2.45. The van der Waals surface area contributed by atoms with Gasteiger partial charge in [-0.15, -0.1) is 23.2 Å². The number of carbonyl (C=O) groups excluding carboxylic acids is 1. The molecule has 0 saturated heterocycles. The largest absolute Gasteiger partial charge is 0.443 e. The Morgan fingerprint density at radius 2 is 1.54 bits per heavy atom. The minimum atomic E-state index is -4.49. The van der Waals surface area contributed by atoms with Crippen LogP contribution in [-0.2, 0) is 28.6 Å². The first-order valence-corrected chi connectivity index (χ1v) is 12.9. The van der Waals surface area contributed by atoms with Crippen molar-refractivity contribution in [2.45, 2.75) is 52.9 Å². The number of nitrogens with zero attached hydrogens (tertiary/aromatic N) is 2. The SMILES string of the molecule is CCOP(=O)(OCC)C(C)N(CCCl)S(=O)(=O)N(CCCl)C(=O)OC(C)(C)C. The quantitative estimate of drug-likeness (QED) is 0.306. The monoisotopic (exact) mass is 484 g/mol. The number of hydrogen-bond acceptors (Lipinski definition) is 7. The molecular weight excluding hydrogens is 454 g/mol. The Balaban J connectivity index is 6.10. The van der Waals surface area contributed by atoms with Gasteiger partial charge in [0.2, 0.25) is 0 Å². The third-order valence-electron chi connectivity index (χ3n) is 3.26. The van der Waals surface area contributed by atoms with Crippen molar-refractivity contribution < 1.29 is 31.6 Å². The fraction of sp³-hybridized carbons (Fsp3) is 0.933. The predicted octanol–water partition coefficient (Wildman–Crippen LogP) is 3.86. The number of alkyl halides is 2. The van der Waals surface area contributed by atoms with Crippen molar-refractivity contribution >= 4 is 47.1 Å². The van der Waals surface area contributed by atoms with Crippen LogP contribution in [0.3, 0.4) is 0 Å². The third kappa shape index (κ3) is 7.97. The molecule has 0 bridgehead atoms. The van der Waals surface area contributed by atoms with E-state index in [0.717, 1.165) is 4.31 Å². The maximum absolute atomic E-state index is 13.2. The van der Waals surface area contributed by atoms with E-state index in [1.165, 1.54) is 6.92 Å². The highest BCUT2D eigenvalue weighted by atomic mass is 35.5. The van der Waals surface area contributed by atoms with Crippen LogP contribution in [0.1, 0.15) is 41.5 Å². The average Bonchev–Trinajstić information content (AvgIpc) is 2.55. The number of carbonyl (C=O) groups is 1. The van der Waals surface area contributed by atoms with E-state index < -0.39 is 35.3 Å². The Bertz CT molecular complexity index is 633. The summed E-state index contributed by atoms with van der Waals surface area (Å²) in [5.74, 6) is -1.49. The van der Waals surface area contributed by atoms with E-state index in [1.54, 1.807) is 34.6 Å². The molecule has 1 amide bonds. The van der Waals surface area contributed by atoms with Gasteiger partial charge in [0, 0.05) is 18.3 Å². The summed E-state index contributed by atoms with van der Waals surface area (Å²) < 4.78 is 56.6. The Hall–Kier alpha value is -0.0900. The Labute approximate surface area is 178 Å². The van der Waals surface area contributed by atoms with Crippen LogP contribution in [0.4, 0.5) is 4.79 Å². The van der Waals surface area contributed by atoms with Crippen molar-refractivity contribution in [3.8, 4) is 0 Å². The van der Waals surface area contributed by atoms with Crippen LogP contribution in [0.2, 0.25) is 0 Å². The number of hydrogen-bond donors (Lipinski definition) is 0. The second-order valence-electron chi connectivity index (χ2n) is 6.56. The molecule has 0 saturated carbocycles. The predicted molar refractivity (Wildman–Crippen MR) is 110 cm³/mol. The lowest BCUT2D eigenvalue weighted by atomic mass is 10.2. The molecule has 0 heterocycles. The fourth-order valence-corrected chi connectivity index (χ4v) is 6.59. The minimum Gasteiger partial charge on any atom is -0.443 e. The molecule has 0 aromatic rings. The molecule has 0 aliphatic carbocycles. The Kier molecular flexibility index (Phi) is 11.9. The summed E-state index contributed by atoms with van der Waals surface area (Å²) >= 11 is 11.5. The summed E-state index contributed by atoms with van der Waals surface area (Å²) in [4.78, 5) is 12.5. The molecule has 0 aromatic carbocycles. The van der Waals surface area contributed by atoms with Crippen molar-refractivity contribution in [1.29, 1.82) is 0 Å². The second kappa shape index (κ2) is 11.9. The van der Waals surface area contributed by atoms with Crippen LogP contribution in [0.5, 0.6) is 0 Å². The van der Waals surface area contributed by atoms with Gasteiger partial charge in [-0.25, -0.2) is 4.79 Å². The molecule has 0 aromatic heterocycles. The number of ether oxygens (including phenoxy) is 1. The zero-order valence-corrected chi connectivity index (χ0v) is 20.4. The van der Waals surface area contributed by atoms with Gasteiger partial charge in [0.15, 0.2) is 0 Å². The third-order valence-corrected chi connectivity index (χ3v) is 8.16. The lowest BCUT2D eigenvalue weighted by molar-refractivity contribution is 0.0387. The van der Waals surface area contributed by atoms with Crippen molar-refractivity contribution in [2.24, 2.45) is 0 Å². The van der Waals surface area contributed by atoms with Crippen LogP contribution in [0, 0.1) is 0 Å². The van der Waals surface area contributed by atoms with Gasteiger partial charge in [0.25, 0.3) is 0 Å². The van der Waals surface area contributed by atoms with E-state index in [9.17, 15) is 17.8 Å². The lowest BCUT2D eigenvalue weighted by Crippen LogP contribution is -2.52. The molecular formula is C15H31Cl2N2O7PS. The smallest absolute Gasteiger partial charge is 0.425 e. The molecule has 0 rings (SSSR count). The maximum Gasteiger partial charge on any atom is 0.425 e. The topological polar surface area (TPSA) is 102 Å². The van der Waals surface area contributed by atoms with E-state index in [-0.39, 0.29) is 38.1 Å². The molecule has 0 aliphatic heterocycles. The number of rotatable bonds is 12. The van der Waals surface area contributed by atoms with Crippen molar-refractivity contribution in [3.63, 3.8) is 0 Å². The summed E-state index contributed by atoms with van der Waals surface area (Å²) in [6.07, 6.45) is -1.09. The van der Waals surface area contributed by atoms with Crippen LogP contribution in [-0.4, -0.2) is 72.6 Å². The molecule has 0 N–H and O–H groups in total. The average molecular weight is 485 g/mol. The first-order valence-electron chi connectivity index (χ1n) is 8.83. The molecule has 168 valence electrons. The van der Waals surface area contributed by atoms with Crippen LogP contribution >= 0.6 is 30.8 Å². The zero-order valence-electron chi connectivity index (χ0n) is 17.2. The summed E-state index contributed by atoms with van der Waals surface area (Å²) in [5.41, 5.74) is -0.925. The van der Waals surface area contributed by atoms with Crippen LogP contribution in [0.25, 0.3) is 0 Å². The standard InChI is InChI=1S/C15H31Cl2N2O7PS/c1-7-24-27(21,25-8-2)13(3)18(11-9-16)28(22,23)19(12-10-17)14(20)26-15(4,5)6/h13H,7-12H2,1-6H3. The van der Waals surface area contributed by atoms with Gasteiger partial charge >= 0.3 is 23.9 Å². The van der Waals surface area contributed by atoms with Crippen molar-refractivity contribution in [1.82, 2.24) is 8.61 Å². The first kappa shape index (κ1) is 27.9. The van der Waals surface area contributed by atoms with E-state index in [4.69, 9.17) is 37.0 Å². The number of halogens is 2. The van der Waals surface area contributed by atoms with Gasteiger partial charge in [-0.1, -0.05) is 0 Å². The molecule has 28 heavy (non-hydrogen) atoms. The van der Waals surface area contributed by atoms with Gasteiger partial charge in [-0.3, -0.25) is 4.57 Å². The number of amides is 1. The summed E-state index contributed by atoms with van der Waals surface area (Å²) in [6.45, 7) is 8.95. The van der Waals surface area contributed by atoms with Gasteiger partial charge in [-0.05, 0) is 41.5 Å². The second-order valence-corrected chi connectivity index (χ2v) is 11.5. The molecule has 13 heteroatoms. The highest BCUT2D eigenvalue weighted by molar-refractivity contribution is 7.87.